The first-order valence-corrected chi connectivity index (χ1v) is 10.1. The van der Waals surface area contributed by atoms with Crippen LogP contribution < -0.4 is 0 Å². The molecule has 132 valence electrons. The summed E-state index contributed by atoms with van der Waals surface area (Å²) in [7, 11) is 0. The number of aryl methyl sites for hydroxylation is 3. The highest BCUT2D eigenvalue weighted by molar-refractivity contribution is 7.99. The van der Waals surface area contributed by atoms with E-state index >= 15 is 0 Å². The number of carbonyl (C=O) groups is 2. The van der Waals surface area contributed by atoms with Gasteiger partial charge in [-0.2, -0.15) is 11.8 Å². The van der Waals surface area contributed by atoms with Crippen LogP contribution in [0.3, 0.4) is 0 Å². The van der Waals surface area contributed by atoms with Crippen LogP contribution in [0.4, 0.5) is 0 Å². The first kappa shape index (κ1) is 19.2. The minimum absolute atomic E-state index is 0.124. The van der Waals surface area contributed by atoms with Crippen LogP contribution in [-0.2, 0) is 9.59 Å². The van der Waals surface area contributed by atoms with E-state index in [-0.39, 0.29) is 17.5 Å². The third-order valence-electron chi connectivity index (χ3n) is 4.92. The Labute approximate surface area is 150 Å². The first-order chi connectivity index (χ1) is 11.3. The molecule has 2 rings (SSSR count). The van der Waals surface area contributed by atoms with E-state index in [0.29, 0.717) is 18.1 Å². The number of thioether (sulfide) groups is 1. The highest BCUT2D eigenvalue weighted by Crippen LogP contribution is 2.37. The Bertz CT molecular complexity index is 579. The molecule has 1 aromatic carbocycles. The molecule has 3 heteroatoms. The van der Waals surface area contributed by atoms with Gasteiger partial charge in [0.25, 0.3) is 0 Å². The van der Waals surface area contributed by atoms with Crippen LogP contribution in [0, 0.1) is 26.7 Å². The number of hydrogen-bond acceptors (Lipinski definition) is 3. The van der Waals surface area contributed by atoms with Gasteiger partial charge in [0.1, 0.15) is 17.5 Å². The highest BCUT2D eigenvalue weighted by Gasteiger charge is 2.38. The van der Waals surface area contributed by atoms with Gasteiger partial charge in [-0.3, -0.25) is 9.59 Å². The maximum Gasteiger partial charge on any atom is 0.148 e. The highest BCUT2D eigenvalue weighted by atomic mass is 32.2. The molecule has 0 N–H and O–H groups in total. The van der Waals surface area contributed by atoms with Gasteiger partial charge in [0.2, 0.25) is 0 Å². The van der Waals surface area contributed by atoms with Crippen molar-refractivity contribution < 1.29 is 9.59 Å². The molecule has 0 radical (unpaired) electrons. The lowest BCUT2D eigenvalue weighted by Crippen LogP contribution is -2.33. The van der Waals surface area contributed by atoms with E-state index < -0.39 is 5.92 Å². The van der Waals surface area contributed by atoms with Gasteiger partial charge in [-0.05, 0) is 62.0 Å². The number of carbonyl (C=O) groups excluding carboxylic acids is 2. The van der Waals surface area contributed by atoms with Crippen LogP contribution in [0.2, 0.25) is 0 Å². The first-order valence-electron chi connectivity index (χ1n) is 9.08. The average Bonchev–Trinajstić information content (AvgIpc) is 2.47. The lowest BCUT2D eigenvalue weighted by atomic mass is 9.73. The van der Waals surface area contributed by atoms with Crippen LogP contribution in [0.15, 0.2) is 12.1 Å². The quantitative estimate of drug-likeness (QED) is 0.667. The summed E-state index contributed by atoms with van der Waals surface area (Å²) in [5, 5.41) is 0.523. The van der Waals surface area contributed by atoms with E-state index in [1.807, 2.05) is 25.6 Å². The van der Waals surface area contributed by atoms with E-state index in [1.165, 1.54) is 12.0 Å². The second kappa shape index (κ2) is 8.33. The predicted molar refractivity (Wildman–Crippen MR) is 103 cm³/mol. The van der Waals surface area contributed by atoms with E-state index in [1.54, 1.807) is 0 Å². The van der Waals surface area contributed by atoms with Crippen LogP contribution in [0.1, 0.15) is 67.7 Å². The van der Waals surface area contributed by atoms with E-state index in [0.717, 1.165) is 28.9 Å². The van der Waals surface area contributed by atoms with E-state index in [4.69, 9.17) is 0 Å². The predicted octanol–water partition coefficient (Wildman–Crippen LogP) is 5.17. The number of rotatable bonds is 6. The van der Waals surface area contributed by atoms with Gasteiger partial charge < -0.3 is 0 Å². The molecule has 1 fully saturated rings. The van der Waals surface area contributed by atoms with Crippen molar-refractivity contribution in [1.82, 2.24) is 0 Å². The van der Waals surface area contributed by atoms with Gasteiger partial charge in [-0.1, -0.05) is 31.5 Å². The molecule has 0 bridgehead atoms. The monoisotopic (exact) mass is 346 g/mol. The maximum absolute atomic E-state index is 12.8. The van der Waals surface area contributed by atoms with Gasteiger partial charge in [-0.15, -0.1) is 0 Å². The lowest BCUT2D eigenvalue weighted by molar-refractivity contribution is -0.133. The fraction of sp³-hybridized carbons (Fsp3) is 0.619. The normalized spacial score (nSPS) is 22.7. The number of hydrogen-bond donors (Lipinski definition) is 0. The molecule has 1 aromatic rings. The van der Waals surface area contributed by atoms with Gasteiger partial charge in [-0.25, -0.2) is 0 Å². The summed E-state index contributed by atoms with van der Waals surface area (Å²) in [5.41, 5.74) is 4.29. The molecule has 0 heterocycles. The summed E-state index contributed by atoms with van der Waals surface area (Å²) >= 11 is 1.95. The molecular formula is C21H30O2S. The van der Waals surface area contributed by atoms with Crippen molar-refractivity contribution in [1.29, 1.82) is 0 Å². The number of Topliss-reactive ketones (excluding diaryl/α,β-unsaturated/α-hetero) is 2. The fourth-order valence-electron chi connectivity index (χ4n) is 4.05. The maximum atomic E-state index is 12.8. The largest absolute Gasteiger partial charge is 0.299 e. The Morgan fingerprint density at radius 3 is 2.12 bits per heavy atom. The third kappa shape index (κ3) is 4.50. The Morgan fingerprint density at radius 1 is 1.08 bits per heavy atom. The topological polar surface area (TPSA) is 34.1 Å². The Balaban J connectivity index is 2.12. The number of benzene rings is 1. The molecule has 0 saturated heterocycles. The molecule has 1 aliphatic rings. The van der Waals surface area contributed by atoms with Crippen molar-refractivity contribution in [3.8, 4) is 0 Å². The Kier molecular flexibility index (Phi) is 6.68. The van der Waals surface area contributed by atoms with E-state index in [9.17, 15) is 9.59 Å². The van der Waals surface area contributed by atoms with Gasteiger partial charge in [0, 0.05) is 18.1 Å². The Hall–Kier alpha value is -1.09. The molecular weight excluding hydrogens is 316 g/mol. The van der Waals surface area contributed by atoms with Crippen molar-refractivity contribution in [2.75, 3.05) is 5.75 Å². The van der Waals surface area contributed by atoms with Crippen molar-refractivity contribution >= 4 is 23.3 Å². The molecule has 0 spiro atoms. The minimum atomic E-state index is -0.527. The van der Waals surface area contributed by atoms with Gasteiger partial charge in [0.05, 0.1) is 0 Å². The zero-order chi connectivity index (χ0) is 17.9. The smallest absolute Gasteiger partial charge is 0.148 e. The second-order valence-electron chi connectivity index (χ2n) is 7.37. The van der Waals surface area contributed by atoms with Crippen molar-refractivity contribution in [3.05, 3.63) is 34.4 Å². The molecule has 2 nitrogen and oxygen atoms in total. The molecule has 1 atom stereocenters. The van der Waals surface area contributed by atoms with Crippen molar-refractivity contribution in [2.45, 2.75) is 71.5 Å². The molecule has 0 aliphatic heterocycles. The van der Waals surface area contributed by atoms with Gasteiger partial charge >= 0.3 is 0 Å². The zero-order valence-electron chi connectivity index (χ0n) is 15.6. The fourth-order valence-corrected chi connectivity index (χ4v) is 5.09. The van der Waals surface area contributed by atoms with Crippen LogP contribution >= 0.6 is 11.8 Å². The molecule has 24 heavy (non-hydrogen) atoms. The summed E-state index contributed by atoms with van der Waals surface area (Å²) in [4.78, 5) is 25.5. The molecule has 0 aromatic heterocycles. The second-order valence-corrected chi connectivity index (χ2v) is 8.92. The minimum Gasteiger partial charge on any atom is -0.299 e. The summed E-state index contributed by atoms with van der Waals surface area (Å²) < 4.78 is 0. The molecule has 1 unspecified atom stereocenters. The third-order valence-corrected chi connectivity index (χ3v) is 6.33. The van der Waals surface area contributed by atoms with Crippen molar-refractivity contribution in [3.63, 3.8) is 0 Å². The Morgan fingerprint density at radius 2 is 1.62 bits per heavy atom. The van der Waals surface area contributed by atoms with Crippen LogP contribution in [0.5, 0.6) is 0 Å². The molecule has 1 saturated carbocycles. The average molecular weight is 347 g/mol. The summed E-state index contributed by atoms with van der Waals surface area (Å²) in [6.07, 6.45) is 3.26. The van der Waals surface area contributed by atoms with Crippen molar-refractivity contribution in [2.24, 2.45) is 5.92 Å². The summed E-state index contributed by atoms with van der Waals surface area (Å²) in [5.74, 6) is 1.10. The SMILES string of the molecule is CCCSC(C)CC1CC(=O)C(c2c(C)cc(C)cc2C)C(=O)C1. The lowest BCUT2D eigenvalue weighted by Gasteiger charge is -2.30. The number of ketones is 2. The summed E-state index contributed by atoms with van der Waals surface area (Å²) in [6, 6.07) is 4.16. The van der Waals surface area contributed by atoms with Gasteiger partial charge in [0.15, 0.2) is 0 Å². The standard InChI is InChI=1S/C21H30O2S/c1-6-7-24-16(5)10-17-11-18(22)21(19(23)12-17)20-14(3)8-13(2)9-15(20)4/h8-9,16-17,21H,6-7,10-12H2,1-5H3. The molecule has 0 amide bonds. The summed E-state index contributed by atoms with van der Waals surface area (Å²) in [6.45, 7) is 10.5. The van der Waals surface area contributed by atoms with Crippen LogP contribution in [-0.4, -0.2) is 22.6 Å². The van der Waals surface area contributed by atoms with E-state index in [2.05, 4.69) is 32.9 Å². The van der Waals surface area contributed by atoms with Crippen LogP contribution in [0.25, 0.3) is 0 Å². The molecule has 1 aliphatic carbocycles. The zero-order valence-corrected chi connectivity index (χ0v) is 16.5.